The molecule has 2 N–H and O–H groups in total. The van der Waals surface area contributed by atoms with E-state index in [0.717, 1.165) is 49.8 Å². The van der Waals surface area contributed by atoms with E-state index < -0.39 is 0 Å². The average molecular weight is 390 g/mol. The van der Waals surface area contributed by atoms with Crippen molar-refractivity contribution in [3.05, 3.63) is 30.1 Å². The fraction of sp³-hybridized carbons (Fsp3) is 0.696. The van der Waals surface area contributed by atoms with Crippen molar-refractivity contribution in [2.75, 3.05) is 18.0 Å². The van der Waals surface area contributed by atoms with Gasteiger partial charge in [0.25, 0.3) is 0 Å². The molecule has 4 nitrogen and oxygen atoms in total. The molecule has 4 atom stereocenters. The van der Waals surface area contributed by atoms with E-state index in [9.17, 15) is 9.18 Å². The molecule has 2 fully saturated rings. The Morgan fingerprint density at radius 2 is 1.89 bits per heavy atom. The van der Waals surface area contributed by atoms with Gasteiger partial charge in [0.2, 0.25) is 0 Å². The van der Waals surface area contributed by atoms with Gasteiger partial charge >= 0.3 is 6.03 Å². The lowest BCUT2D eigenvalue weighted by atomic mass is 9.95. The second kappa shape index (κ2) is 10.2. The maximum atomic E-state index is 13.4. The number of hydrogen-bond acceptors (Lipinski definition) is 2. The topological polar surface area (TPSA) is 44.4 Å². The third-order valence-electron chi connectivity index (χ3n) is 6.46. The van der Waals surface area contributed by atoms with Gasteiger partial charge in [-0.15, -0.1) is 0 Å². The van der Waals surface area contributed by atoms with Crippen LogP contribution in [0.4, 0.5) is 14.9 Å². The summed E-state index contributed by atoms with van der Waals surface area (Å²) < 4.78 is 13.4. The first kappa shape index (κ1) is 21.1. The molecular formula is C23H36FN3O. The molecule has 0 aromatic heterocycles. The number of fused-ring (bicyclic) bond motifs is 2. The monoisotopic (exact) mass is 389 g/mol. The van der Waals surface area contributed by atoms with E-state index in [2.05, 4.69) is 17.6 Å². The third kappa shape index (κ3) is 5.25. The highest BCUT2D eigenvalue weighted by atomic mass is 19.1. The van der Waals surface area contributed by atoms with Crippen molar-refractivity contribution in [2.45, 2.75) is 77.3 Å². The van der Waals surface area contributed by atoms with E-state index in [1.165, 1.54) is 37.8 Å². The molecule has 156 valence electrons. The molecule has 0 spiro atoms. The van der Waals surface area contributed by atoms with Gasteiger partial charge in [0.15, 0.2) is 0 Å². The van der Waals surface area contributed by atoms with E-state index in [1.807, 2.05) is 11.8 Å². The minimum atomic E-state index is -0.275. The van der Waals surface area contributed by atoms with Crippen LogP contribution in [-0.2, 0) is 0 Å². The predicted octanol–water partition coefficient (Wildman–Crippen LogP) is 5.09. The van der Waals surface area contributed by atoms with Crippen LogP contribution < -0.4 is 15.5 Å². The zero-order chi connectivity index (χ0) is 19.9. The molecule has 2 aliphatic carbocycles. The molecule has 2 amide bonds. The van der Waals surface area contributed by atoms with E-state index in [4.69, 9.17) is 0 Å². The number of rotatable bonds is 10. The Balaban J connectivity index is 1.65. The molecule has 3 rings (SSSR count). The molecule has 2 bridgehead atoms. The molecule has 1 aromatic carbocycles. The van der Waals surface area contributed by atoms with E-state index in [1.54, 1.807) is 12.1 Å². The molecule has 0 radical (unpaired) electrons. The summed E-state index contributed by atoms with van der Waals surface area (Å²) in [7, 11) is 0. The standard InChI is InChI=1S/C23H36FN3O/c1-3-5-20(12-14-25-22-16-17-6-7-18(22)15-17)27(23(28)26-13-4-2)21-10-8-19(24)9-11-21/h8-11,17-18,20,22,25H,3-7,12-16H2,1-2H3,(H,26,28). The van der Waals surface area contributed by atoms with Gasteiger partial charge in [-0.25, -0.2) is 9.18 Å². The number of nitrogens with one attached hydrogen (secondary N) is 2. The van der Waals surface area contributed by atoms with Crippen molar-refractivity contribution in [3.63, 3.8) is 0 Å². The van der Waals surface area contributed by atoms with Crippen LogP contribution in [0.5, 0.6) is 0 Å². The zero-order valence-electron chi connectivity index (χ0n) is 17.4. The molecule has 1 aromatic rings. The van der Waals surface area contributed by atoms with Crippen molar-refractivity contribution in [3.8, 4) is 0 Å². The highest BCUT2D eigenvalue weighted by Crippen LogP contribution is 2.44. The maximum Gasteiger partial charge on any atom is 0.322 e. The number of carbonyl (C=O) groups excluding carboxylic acids is 1. The number of anilines is 1. The van der Waals surface area contributed by atoms with Gasteiger partial charge < -0.3 is 10.6 Å². The van der Waals surface area contributed by atoms with Gasteiger partial charge in [0, 0.05) is 24.3 Å². The van der Waals surface area contributed by atoms with Crippen LogP contribution in [-0.4, -0.2) is 31.2 Å². The van der Waals surface area contributed by atoms with Crippen molar-refractivity contribution < 1.29 is 9.18 Å². The maximum absolute atomic E-state index is 13.4. The zero-order valence-corrected chi connectivity index (χ0v) is 17.4. The Hall–Kier alpha value is -1.62. The van der Waals surface area contributed by atoms with Crippen molar-refractivity contribution in [1.82, 2.24) is 10.6 Å². The number of carbonyl (C=O) groups is 1. The van der Waals surface area contributed by atoms with Gasteiger partial charge in [0.05, 0.1) is 0 Å². The van der Waals surface area contributed by atoms with Gasteiger partial charge in [-0.3, -0.25) is 4.90 Å². The van der Waals surface area contributed by atoms with Gasteiger partial charge in [0.1, 0.15) is 5.82 Å². The van der Waals surface area contributed by atoms with E-state index >= 15 is 0 Å². The van der Waals surface area contributed by atoms with E-state index in [-0.39, 0.29) is 17.9 Å². The Kier molecular flexibility index (Phi) is 7.72. The number of benzene rings is 1. The number of urea groups is 1. The minimum absolute atomic E-state index is 0.0770. The van der Waals surface area contributed by atoms with Crippen LogP contribution in [0.25, 0.3) is 0 Å². The molecule has 5 heteroatoms. The number of nitrogens with zero attached hydrogens (tertiary/aromatic N) is 1. The lowest BCUT2D eigenvalue weighted by molar-refractivity contribution is 0.242. The summed E-state index contributed by atoms with van der Waals surface area (Å²) in [6.07, 6.45) is 9.27. The first-order valence-electron chi connectivity index (χ1n) is 11.2. The fourth-order valence-electron chi connectivity index (χ4n) is 5.08. The molecule has 2 aliphatic rings. The van der Waals surface area contributed by atoms with Crippen LogP contribution in [0.15, 0.2) is 24.3 Å². The van der Waals surface area contributed by atoms with Gasteiger partial charge in [-0.05, 0) is 81.2 Å². The summed E-state index contributed by atoms with van der Waals surface area (Å²) in [4.78, 5) is 14.8. The van der Waals surface area contributed by atoms with Crippen LogP contribution in [0.3, 0.4) is 0 Å². The quantitative estimate of drug-likeness (QED) is 0.585. The number of amides is 2. The predicted molar refractivity (Wildman–Crippen MR) is 113 cm³/mol. The van der Waals surface area contributed by atoms with Crippen LogP contribution >= 0.6 is 0 Å². The highest BCUT2D eigenvalue weighted by Gasteiger charge is 2.39. The Bertz CT molecular complexity index is 621. The highest BCUT2D eigenvalue weighted by molar-refractivity contribution is 5.92. The number of hydrogen-bond donors (Lipinski definition) is 2. The largest absolute Gasteiger partial charge is 0.338 e. The van der Waals surface area contributed by atoms with Crippen molar-refractivity contribution in [1.29, 1.82) is 0 Å². The lowest BCUT2D eigenvalue weighted by Gasteiger charge is -2.33. The number of halogens is 1. The summed E-state index contributed by atoms with van der Waals surface area (Å²) in [5, 5.41) is 6.79. The summed E-state index contributed by atoms with van der Waals surface area (Å²) in [5.74, 6) is 1.52. The Labute approximate surface area is 169 Å². The Morgan fingerprint density at radius 1 is 1.11 bits per heavy atom. The summed E-state index contributed by atoms with van der Waals surface area (Å²) in [6, 6.07) is 7.00. The molecular weight excluding hydrogens is 353 g/mol. The second-order valence-corrected chi connectivity index (χ2v) is 8.54. The van der Waals surface area contributed by atoms with Gasteiger partial charge in [-0.2, -0.15) is 0 Å². The smallest absolute Gasteiger partial charge is 0.322 e. The van der Waals surface area contributed by atoms with Gasteiger partial charge in [-0.1, -0.05) is 26.7 Å². The molecule has 0 aliphatic heterocycles. The molecule has 0 heterocycles. The fourth-order valence-corrected chi connectivity index (χ4v) is 5.08. The second-order valence-electron chi connectivity index (χ2n) is 8.54. The van der Waals surface area contributed by atoms with Crippen LogP contribution in [0.2, 0.25) is 0 Å². The SMILES string of the molecule is CCCNC(=O)N(c1ccc(F)cc1)C(CCC)CCNC1CC2CCC1C2. The minimum Gasteiger partial charge on any atom is -0.338 e. The molecule has 4 unspecified atom stereocenters. The van der Waals surface area contributed by atoms with Crippen molar-refractivity contribution >= 4 is 11.7 Å². The first-order chi connectivity index (χ1) is 13.6. The normalized spacial score (nSPS) is 24.3. The van der Waals surface area contributed by atoms with E-state index in [0.29, 0.717) is 12.6 Å². The van der Waals surface area contributed by atoms with Crippen LogP contribution in [0, 0.1) is 17.7 Å². The van der Waals surface area contributed by atoms with Crippen molar-refractivity contribution in [2.24, 2.45) is 11.8 Å². The molecule has 28 heavy (non-hydrogen) atoms. The summed E-state index contributed by atoms with van der Waals surface area (Å²) >= 11 is 0. The molecule has 2 saturated carbocycles. The first-order valence-corrected chi connectivity index (χ1v) is 11.2. The third-order valence-corrected chi connectivity index (χ3v) is 6.46. The van der Waals surface area contributed by atoms with Crippen LogP contribution in [0.1, 0.15) is 65.2 Å². The summed E-state index contributed by atoms with van der Waals surface area (Å²) in [6.45, 7) is 5.78. The average Bonchev–Trinajstić information content (AvgIpc) is 3.31. The lowest BCUT2D eigenvalue weighted by Crippen LogP contribution is -2.48. The Morgan fingerprint density at radius 3 is 2.50 bits per heavy atom. The molecule has 0 saturated heterocycles. The summed E-state index contributed by atoms with van der Waals surface area (Å²) in [5.41, 5.74) is 0.772.